The van der Waals surface area contributed by atoms with Crippen molar-refractivity contribution in [3.8, 4) is 0 Å². The van der Waals surface area contributed by atoms with Crippen LogP contribution in [-0.2, 0) is 13.6 Å². The highest BCUT2D eigenvalue weighted by Crippen LogP contribution is 2.31. The van der Waals surface area contributed by atoms with E-state index in [1.807, 2.05) is 25.5 Å². The molecule has 1 saturated carbocycles. The minimum atomic E-state index is -0.178. The minimum absolute atomic E-state index is 0.178. The topological polar surface area (TPSA) is 29.9 Å². The average Bonchev–Trinajstić information content (AvgIpc) is 3.13. The van der Waals surface area contributed by atoms with E-state index in [1.165, 1.54) is 18.9 Å². The van der Waals surface area contributed by atoms with Crippen LogP contribution in [0.1, 0.15) is 18.4 Å². The van der Waals surface area contributed by atoms with Crippen LogP contribution in [-0.4, -0.2) is 15.8 Å². The van der Waals surface area contributed by atoms with Gasteiger partial charge in [-0.1, -0.05) is 11.8 Å². The number of nitrogens with one attached hydrogen (secondary N) is 1. The first kappa shape index (κ1) is 12.7. The summed E-state index contributed by atoms with van der Waals surface area (Å²) in [6, 6.07) is 5.60. The van der Waals surface area contributed by atoms with Gasteiger partial charge < -0.3 is 5.32 Å². The summed E-state index contributed by atoms with van der Waals surface area (Å²) in [7, 11) is 1.89. The van der Waals surface area contributed by atoms with E-state index in [-0.39, 0.29) is 5.82 Å². The van der Waals surface area contributed by atoms with Crippen molar-refractivity contribution in [1.29, 1.82) is 0 Å². The number of aryl methyl sites for hydroxylation is 1. The van der Waals surface area contributed by atoms with Gasteiger partial charge in [-0.15, -0.1) is 0 Å². The molecular weight excluding hydrogens is 261 g/mol. The van der Waals surface area contributed by atoms with E-state index < -0.39 is 0 Å². The molecule has 1 fully saturated rings. The molecule has 0 bridgehead atoms. The molecule has 19 heavy (non-hydrogen) atoms. The molecule has 5 heteroatoms. The molecule has 0 saturated heterocycles. The Balaban J connectivity index is 1.77. The van der Waals surface area contributed by atoms with Gasteiger partial charge in [0.05, 0.1) is 11.1 Å². The molecule has 3 rings (SSSR count). The first-order chi connectivity index (χ1) is 9.20. The minimum Gasteiger partial charge on any atom is -0.310 e. The first-order valence-electron chi connectivity index (χ1n) is 6.39. The average molecular weight is 277 g/mol. The van der Waals surface area contributed by atoms with Crippen molar-refractivity contribution in [3.63, 3.8) is 0 Å². The fourth-order valence-electron chi connectivity index (χ4n) is 1.91. The molecular formula is C14H16FN3S. The highest BCUT2D eigenvalue weighted by molar-refractivity contribution is 7.99. The second-order valence-corrected chi connectivity index (χ2v) is 5.97. The number of nitrogens with zero attached hydrogens (tertiary/aromatic N) is 2. The second-order valence-electron chi connectivity index (χ2n) is 4.86. The number of halogens is 1. The van der Waals surface area contributed by atoms with Gasteiger partial charge in [0.1, 0.15) is 5.82 Å². The lowest BCUT2D eigenvalue weighted by Crippen LogP contribution is -2.15. The summed E-state index contributed by atoms with van der Waals surface area (Å²) in [5.41, 5.74) is 1.01. The largest absolute Gasteiger partial charge is 0.310 e. The molecule has 1 heterocycles. The molecule has 0 radical (unpaired) electrons. The fourth-order valence-corrected chi connectivity index (χ4v) is 2.86. The highest BCUT2D eigenvalue weighted by atomic mass is 32.2. The van der Waals surface area contributed by atoms with E-state index in [1.54, 1.807) is 22.5 Å². The van der Waals surface area contributed by atoms with Crippen molar-refractivity contribution in [2.45, 2.75) is 35.2 Å². The summed E-state index contributed by atoms with van der Waals surface area (Å²) in [5, 5.41) is 7.58. The normalized spacial score (nSPS) is 14.8. The van der Waals surface area contributed by atoms with Gasteiger partial charge in [0, 0.05) is 30.7 Å². The van der Waals surface area contributed by atoms with Crippen LogP contribution < -0.4 is 5.32 Å². The molecule has 1 aromatic carbocycles. The van der Waals surface area contributed by atoms with Crippen molar-refractivity contribution in [3.05, 3.63) is 42.0 Å². The zero-order chi connectivity index (χ0) is 13.2. The van der Waals surface area contributed by atoms with Crippen LogP contribution in [0, 0.1) is 5.82 Å². The van der Waals surface area contributed by atoms with Crippen molar-refractivity contribution < 1.29 is 4.39 Å². The van der Waals surface area contributed by atoms with Gasteiger partial charge >= 0.3 is 0 Å². The third-order valence-electron chi connectivity index (χ3n) is 3.09. The monoisotopic (exact) mass is 277 g/mol. The van der Waals surface area contributed by atoms with Crippen molar-refractivity contribution in [1.82, 2.24) is 15.1 Å². The zero-order valence-electron chi connectivity index (χ0n) is 10.8. The highest BCUT2D eigenvalue weighted by Gasteiger charge is 2.20. The Morgan fingerprint density at radius 2 is 2.32 bits per heavy atom. The second kappa shape index (κ2) is 5.35. The SMILES string of the molecule is Cn1cc(Sc2ccc(F)cc2CNC2CC2)cn1. The van der Waals surface area contributed by atoms with Crippen LogP contribution in [0.15, 0.2) is 40.4 Å². The fraction of sp³-hybridized carbons (Fsp3) is 0.357. The molecule has 0 spiro atoms. The van der Waals surface area contributed by atoms with Gasteiger partial charge in [0.2, 0.25) is 0 Å². The predicted molar refractivity (Wildman–Crippen MR) is 73.6 cm³/mol. The van der Waals surface area contributed by atoms with Gasteiger partial charge in [-0.3, -0.25) is 4.68 Å². The molecule has 1 aliphatic rings. The van der Waals surface area contributed by atoms with Gasteiger partial charge in [0.25, 0.3) is 0 Å². The van der Waals surface area contributed by atoms with Gasteiger partial charge in [0.15, 0.2) is 0 Å². The summed E-state index contributed by atoms with van der Waals surface area (Å²) in [6.45, 7) is 0.727. The van der Waals surface area contributed by atoms with Gasteiger partial charge in [-0.2, -0.15) is 5.10 Å². The van der Waals surface area contributed by atoms with Crippen LogP contribution in [0.5, 0.6) is 0 Å². The maximum absolute atomic E-state index is 13.4. The smallest absolute Gasteiger partial charge is 0.123 e. The Morgan fingerprint density at radius 1 is 1.47 bits per heavy atom. The summed E-state index contributed by atoms with van der Waals surface area (Å²) >= 11 is 1.63. The lowest BCUT2D eigenvalue weighted by atomic mass is 10.2. The molecule has 0 unspecified atom stereocenters. The molecule has 1 aliphatic carbocycles. The third kappa shape index (κ3) is 3.36. The van der Waals surface area contributed by atoms with Crippen LogP contribution >= 0.6 is 11.8 Å². The van der Waals surface area contributed by atoms with Gasteiger partial charge in [-0.05, 0) is 36.6 Å². The number of rotatable bonds is 5. The number of hydrogen-bond donors (Lipinski definition) is 1. The molecule has 0 aliphatic heterocycles. The van der Waals surface area contributed by atoms with Crippen LogP contribution in [0.4, 0.5) is 4.39 Å². The number of hydrogen-bond acceptors (Lipinski definition) is 3. The molecule has 0 atom stereocenters. The van der Waals surface area contributed by atoms with E-state index in [0.717, 1.165) is 21.9 Å². The standard InChI is InChI=1S/C14H16FN3S/c1-18-9-13(8-17-18)19-14-5-2-11(15)6-10(14)7-16-12-3-4-12/h2,5-6,8-9,12,16H,3-4,7H2,1H3. The number of aromatic nitrogens is 2. The Hall–Kier alpha value is -1.33. The maximum Gasteiger partial charge on any atom is 0.123 e. The molecule has 2 aromatic rings. The Morgan fingerprint density at radius 3 is 3.00 bits per heavy atom. The summed E-state index contributed by atoms with van der Waals surface area (Å²) in [6.07, 6.45) is 6.26. The molecule has 3 nitrogen and oxygen atoms in total. The Labute approximate surface area is 116 Å². The Bertz CT molecular complexity index is 578. The summed E-state index contributed by atoms with van der Waals surface area (Å²) in [4.78, 5) is 2.16. The van der Waals surface area contributed by atoms with E-state index in [0.29, 0.717) is 6.04 Å². The van der Waals surface area contributed by atoms with E-state index in [2.05, 4.69) is 10.4 Å². The predicted octanol–water partition coefficient (Wildman–Crippen LogP) is 2.96. The molecule has 1 aromatic heterocycles. The van der Waals surface area contributed by atoms with Crippen molar-refractivity contribution in [2.75, 3.05) is 0 Å². The summed E-state index contributed by atoms with van der Waals surface area (Å²) in [5.74, 6) is -0.178. The molecule has 100 valence electrons. The third-order valence-corrected chi connectivity index (χ3v) is 4.15. The Kier molecular flexibility index (Phi) is 3.57. The lowest BCUT2D eigenvalue weighted by Gasteiger charge is -2.09. The summed E-state index contributed by atoms with van der Waals surface area (Å²) < 4.78 is 15.1. The van der Waals surface area contributed by atoms with Crippen LogP contribution in [0.25, 0.3) is 0 Å². The van der Waals surface area contributed by atoms with Crippen molar-refractivity contribution in [2.24, 2.45) is 7.05 Å². The van der Waals surface area contributed by atoms with Gasteiger partial charge in [-0.25, -0.2) is 4.39 Å². The van der Waals surface area contributed by atoms with Crippen molar-refractivity contribution >= 4 is 11.8 Å². The molecule has 1 N–H and O–H groups in total. The molecule has 0 amide bonds. The van der Waals surface area contributed by atoms with Crippen LogP contribution in [0.3, 0.4) is 0 Å². The zero-order valence-corrected chi connectivity index (χ0v) is 11.6. The lowest BCUT2D eigenvalue weighted by molar-refractivity contribution is 0.616. The first-order valence-corrected chi connectivity index (χ1v) is 7.21. The number of benzene rings is 1. The van der Waals surface area contributed by atoms with E-state index in [4.69, 9.17) is 0 Å². The maximum atomic E-state index is 13.4. The van der Waals surface area contributed by atoms with E-state index in [9.17, 15) is 4.39 Å². The van der Waals surface area contributed by atoms with E-state index >= 15 is 0 Å². The quantitative estimate of drug-likeness (QED) is 0.911. The van der Waals surface area contributed by atoms with Crippen LogP contribution in [0.2, 0.25) is 0 Å².